The minimum absolute atomic E-state index is 0.0227. The number of benzene rings is 2. The van der Waals surface area contributed by atoms with Gasteiger partial charge in [-0.3, -0.25) is 14.4 Å². The van der Waals surface area contributed by atoms with Crippen LogP contribution in [0.2, 0.25) is 0 Å². The van der Waals surface area contributed by atoms with Crippen molar-refractivity contribution < 1.29 is 14.3 Å². The van der Waals surface area contributed by atoms with Crippen LogP contribution in [-0.2, 0) is 17.8 Å². The number of carbonyl (C=O) groups excluding carboxylic acids is 2. The van der Waals surface area contributed by atoms with Gasteiger partial charge in [-0.1, -0.05) is 18.2 Å². The Labute approximate surface area is 179 Å². The first-order valence-electron chi connectivity index (χ1n) is 9.90. The molecule has 0 radical (unpaired) electrons. The van der Waals surface area contributed by atoms with Gasteiger partial charge < -0.3 is 15.0 Å². The van der Waals surface area contributed by atoms with E-state index in [0.29, 0.717) is 11.4 Å². The zero-order chi connectivity index (χ0) is 22.0. The highest BCUT2D eigenvalue weighted by molar-refractivity contribution is 6.06. The lowest BCUT2D eigenvalue weighted by Crippen LogP contribution is -2.38. The van der Waals surface area contributed by atoms with E-state index in [2.05, 4.69) is 10.4 Å². The van der Waals surface area contributed by atoms with Gasteiger partial charge in [-0.2, -0.15) is 5.10 Å². The number of hydrogen-bond donors (Lipinski definition) is 1. The number of aromatic nitrogens is 2. The molecule has 1 aromatic heterocycles. The summed E-state index contributed by atoms with van der Waals surface area (Å²) in [5.41, 5.74) is 2.15. The summed E-state index contributed by atoms with van der Waals surface area (Å²) >= 11 is 0. The van der Waals surface area contributed by atoms with Crippen molar-refractivity contribution in [2.75, 3.05) is 17.3 Å². The Morgan fingerprint density at radius 2 is 1.84 bits per heavy atom. The Bertz CT molecular complexity index is 1190. The van der Waals surface area contributed by atoms with Crippen molar-refractivity contribution in [1.82, 2.24) is 9.78 Å². The van der Waals surface area contributed by atoms with E-state index in [9.17, 15) is 14.4 Å². The molecule has 2 heterocycles. The molecule has 0 fully saturated rings. The molecule has 0 saturated heterocycles. The third-order valence-electron chi connectivity index (χ3n) is 5.18. The van der Waals surface area contributed by atoms with E-state index in [1.54, 1.807) is 36.3 Å². The first-order chi connectivity index (χ1) is 15.0. The fraction of sp³-hybridized carbons (Fsp3) is 0.217. The quantitative estimate of drug-likeness (QED) is 0.687. The zero-order valence-electron chi connectivity index (χ0n) is 17.2. The molecular formula is C23H22N4O4. The molecule has 2 amide bonds. The Kier molecular flexibility index (Phi) is 5.53. The van der Waals surface area contributed by atoms with Crippen molar-refractivity contribution in [2.24, 2.45) is 0 Å². The predicted molar refractivity (Wildman–Crippen MR) is 117 cm³/mol. The first-order valence-corrected chi connectivity index (χ1v) is 9.90. The van der Waals surface area contributed by atoms with Crippen LogP contribution in [0, 0.1) is 0 Å². The lowest BCUT2D eigenvalue weighted by Gasteiger charge is -2.22. The molecule has 1 aliphatic heterocycles. The Balaban J connectivity index is 1.52. The van der Waals surface area contributed by atoms with Crippen LogP contribution in [0.1, 0.15) is 23.0 Å². The van der Waals surface area contributed by atoms with Crippen LogP contribution in [0.25, 0.3) is 0 Å². The number of methoxy groups -OCH3 is 1. The van der Waals surface area contributed by atoms with Crippen LogP contribution in [0.3, 0.4) is 0 Å². The van der Waals surface area contributed by atoms with E-state index in [1.807, 2.05) is 31.2 Å². The molecule has 0 bridgehead atoms. The van der Waals surface area contributed by atoms with E-state index < -0.39 is 11.5 Å². The highest BCUT2D eigenvalue weighted by Crippen LogP contribution is 2.32. The summed E-state index contributed by atoms with van der Waals surface area (Å²) in [5.74, 6) is -0.0640. The van der Waals surface area contributed by atoms with Gasteiger partial charge in [-0.05, 0) is 55.3 Å². The molecule has 1 atom stereocenters. The summed E-state index contributed by atoms with van der Waals surface area (Å²) in [6.07, 6.45) is 0.756. The minimum Gasteiger partial charge on any atom is -0.497 e. The standard InChI is InChI=1S/C23H22N4O4/c1-15-13-16-5-3-4-6-20(16)27(15)23(30)19-11-12-22(29)26(25-19)14-21(28)24-17-7-9-18(31-2)10-8-17/h3-12,15H,13-14H2,1-2H3,(H,24,28)/t15-/m0/s1. The maximum absolute atomic E-state index is 13.2. The predicted octanol–water partition coefficient (Wildman–Crippen LogP) is 2.48. The maximum Gasteiger partial charge on any atom is 0.278 e. The Hall–Kier alpha value is -3.94. The molecule has 4 rings (SSSR count). The molecular weight excluding hydrogens is 396 g/mol. The van der Waals surface area contributed by atoms with Crippen LogP contribution in [0.15, 0.2) is 65.5 Å². The SMILES string of the molecule is COc1ccc(NC(=O)Cn2nc(C(=O)N3c4ccccc4C[C@@H]3C)ccc2=O)cc1. The molecule has 1 N–H and O–H groups in total. The number of para-hydroxylation sites is 1. The van der Waals surface area contributed by atoms with E-state index in [1.165, 1.54) is 12.1 Å². The average molecular weight is 418 g/mol. The Morgan fingerprint density at radius 3 is 2.58 bits per heavy atom. The number of rotatable bonds is 5. The summed E-state index contributed by atoms with van der Waals surface area (Å²) in [6, 6.07) is 17.2. The van der Waals surface area contributed by atoms with E-state index >= 15 is 0 Å². The zero-order valence-corrected chi connectivity index (χ0v) is 17.2. The van der Waals surface area contributed by atoms with Crippen LogP contribution < -0.4 is 20.5 Å². The van der Waals surface area contributed by atoms with Crippen LogP contribution in [0.4, 0.5) is 11.4 Å². The molecule has 3 aromatic rings. The lowest BCUT2D eigenvalue weighted by atomic mass is 10.1. The molecule has 0 unspecified atom stereocenters. The molecule has 0 spiro atoms. The van der Waals surface area contributed by atoms with Gasteiger partial charge in [0.05, 0.1) is 7.11 Å². The second kappa shape index (κ2) is 8.43. The second-order valence-electron chi connectivity index (χ2n) is 7.35. The molecule has 31 heavy (non-hydrogen) atoms. The molecule has 0 aliphatic carbocycles. The van der Waals surface area contributed by atoms with Gasteiger partial charge in [0, 0.05) is 23.5 Å². The smallest absolute Gasteiger partial charge is 0.278 e. The third-order valence-corrected chi connectivity index (χ3v) is 5.18. The van der Waals surface area contributed by atoms with Gasteiger partial charge >= 0.3 is 0 Å². The monoisotopic (exact) mass is 418 g/mol. The fourth-order valence-electron chi connectivity index (χ4n) is 3.69. The number of nitrogens with zero attached hydrogens (tertiary/aromatic N) is 3. The lowest BCUT2D eigenvalue weighted by molar-refractivity contribution is -0.117. The number of anilines is 2. The van der Waals surface area contributed by atoms with Crippen LogP contribution in [-0.4, -0.2) is 34.7 Å². The molecule has 0 saturated carbocycles. The number of amides is 2. The van der Waals surface area contributed by atoms with Crippen molar-refractivity contribution >= 4 is 23.2 Å². The van der Waals surface area contributed by atoms with Crippen molar-refractivity contribution in [3.8, 4) is 5.75 Å². The van der Waals surface area contributed by atoms with Crippen LogP contribution >= 0.6 is 0 Å². The van der Waals surface area contributed by atoms with E-state index in [4.69, 9.17) is 4.74 Å². The topological polar surface area (TPSA) is 93.5 Å². The van der Waals surface area contributed by atoms with E-state index in [-0.39, 0.29) is 24.2 Å². The van der Waals surface area contributed by atoms with Gasteiger partial charge in [0.15, 0.2) is 0 Å². The van der Waals surface area contributed by atoms with Crippen molar-refractivity contribution in [1.29, 1.82) is 0 Å². The highest BCUT2D eigenvalue weighted by atomic mass is 16.5. The number of hydrogen-bond acceptors (Lipinski definition) is 5. The number of nitrogens with one attached hydrogen (secondary N) is 1. The molecule has 158 valence electrons. The van der Waals surface area contributed by atoms with Gasteiger partial charge in [-0.15, -0.1) is 0 Å². The average Bonchev–Trinajstić information content (AvgIpc) is 3.11. The number of fused-ring (bicyclic) bond motifs is 1. The van der Waals surface area contributed by atoms with Gasteiger partial charge in [0.25, 0.3) is 11.5 Å². The Morgan fingerprint density at radius 1 is 1.10 bits per heavy atom. The molecule has 8 heteroatoms. The van der Waals surface area contributed by atoms with Gasteiger partial charge in [0.2, 0.25) is 5.91 Å². The van der Waals surface area contributed by atoms with Gasteiger partial charge in [0.1, 0.15) is 18.0 Å². The highest BCUT2D eigenvalue weighted by Gasteiger charge is 2.32. The first kappa shape index (κ1) is 20.3. The summed E-state index contributed by atoms with van der Waals surface area (Å²) < 4.78 is 6.09. The summed E-state index contributed by atoms with van der Waals surface area (Å²) in [5, 5.41) is 6.87. The number of ether oxygens (including phenoxy) is 1. The van der Waals surface area contributed by atoms with Crippen LogP contribution in [0.5, 0.6) is 5.75 Å². The van der Waals surface area contributed by atoms with Crippen molar-refractivity contribution in [2.45, 2.75) is 25.9 Å². The summed E-state index contributed by atoms with van der Waals surface area (Å²) in [7, 11) is 1.56. The largest absolute Gasteiger partial charge is 0.497 e. The molecule has 2 aromatic carbocycles. The normalized spacial score (nSPS) is 14.8. The number of carbonyl (C=O) groups is 2. The van der Waals surface area contributed by atoms with Gasteiger partial charge in [-0.25, -0.2) is 4.68 Å². The van der Waals surface area contributed by atoms with Crippen molar-refractivity contribution in [3.63, 3.8) is 0 Å². The third kappa shape index (κ3) is 4.18. The second-order valence-corrected chi connectivity index (χ2v) is 7.35. The summed E-state index contributed by atoms with van der Waals surface area (Å²) in [4.78, 5) is 39.5. The fourth-order valence-corrected chi connectivity index (χ4v) is 3.69. The van der Waals surface area contributed by atoms with Crippen molar-refractivity contribution in [3.05, 3.63) is 82.3 Å². The molecule has 8 nitrogen and oxygen atoms in total. The molecule has 1 aliphatic rings. The maximum atomic E-state index is 13.2. The van der Waals surface area contributed by atoms with E-state index in [0.717, 1.165) is 22.4 Å². The summed E-state index contributed by atoms with van der Waals surface area (Å²) in [6.45, 7) is 1.66. The minimum atomic E-state index is -0.462.